The number of rotatable bonds is 21. The summed E-state index contributed by atoms with van der Waals surface area (Å²) in [5.74, 6) is 0.309. The van der Waals surface area contributed by atoms with Crippen molar-refractivity contribution in [3.05, 3.63) is 65.7 Å². The third-order valence-corrected chi connectivity index (χ3v) is 13.6. The zero-order valence-corrected chi connectivity index (χ0v) is 47.9. The van der Waals surface area contributed by atoms with Gasteiger partial charge in [-0.3, -0.25) is 62.5 Å². The summed E-state index contributed by atoms with van der Waals surface area (Å²) in [6, 6.07) is 16.9. The van der Waals surface area contributed by atoms with Crippen molar-refractivity contribution < 1.29 is 67.3 Å². The lowest BCUT2D eigenvalue weighted by Crippen LogP contribution is -2.41. The molecule has 436 valence electrons. The number of carbonyl (C=O) groups is 11. The quantitative estimate of drug-likeness (QED) is 0.127. The third kappa shape index (κ3) is 24.1. The van der Waals surface area contributed by atoms with E-state index in [0.717, 1.165) is 57.3 Å². The Bertz CT molecular complexity index is 2350. The number of benzene rings is 2. The Hall–Kier alpha value is -6.67. The monoisotopic (exact) mass is 1100 g/mol. The van der Waals surface area contributed by atoms with E-state index in [1.54, 1.807) is 53.0 Å². The van der Waals surface area contributed by atoms with E-state index in [-0.39, 0.29) is 96.4 Å². The average Bonchev–Trinajstić information content (AvgIpc) is 4.27. The Morgan fingerprint density at radius 1 is 0.671 bits per heavy atom. The molecule has 2 aromatic rings. The van der Waals surface area contributed by atoms with Gasteiger partial charge in [0.1, 0.15) is 17.3 Å². The van der Waals surface area contributed by atoms with Gasteiger partial charge in [0.15, 0.2) is 11.6 Å². The van der Waals surface area contributed by atoms with E-state index in [0.29, 0.717) is 101 Å². The molecule has 5 aliphatic heterocycles. The van der Waals surface area contributed by atoms with Gasteiger partial charge in [0.25, 0.3) is 5.91 Å². The molecule has 5 aliphatic rings. The first-order valence-corrected chi connectivity index (χ1v) is 27.8. The molecule has 0 radical (unpaired) electrons. The fourth-order valence-corrected chi connectivity index (χ4v) is 9.70. The van der Waals surface area contributed by atoms with Gasteiger partial charge in [-0.15, -0.1) is 0 Å². The molecule has 0 spiro atoms. The Labute approximate surface area is 466 Å². The van der Waals surface area contributed by atoms with Gasteiger partial charge in [-0.2, -0.15) is 0 Å². The SMILES string of the molecule is CC(=O)CN1CC(O)CC1=O.CC(=O)CN1CCCC1=O.CC(C)N(CCCC(=O)CN1CCCC1=O)C(C)C.CCOC(=O)CCC(=O)[C@H]1CCCN1C(=O)Cc1ccccc1.COc1ccc(C(=O)N2CCCC2=O)cc1. The number of aliphatic hydroxyl groups is 1. The maximum atomic E-state index is 12.5. The van der Waals surface area contributed by atoms with Crippen LogP contribution < -0.4 is 4.74 Å². The van der Waals surface area contributed by atoms with E-state index in [2.05, 4.69) is 32.6 Å². The zero-order chi connectivity index (χ0) is 58.6. The number of methoxy groups -OCH3 is 1. The molecule has 5 heterocycles. The van der Waals surface area contributed by atoms with Gasteiger partial charge in [-0.25, -0.2) is 0 Å². The molecule has 20 nitrogen and oxygen atoms in total. The van der Waals surface area contributed by atoms with Gasteiger partial charge in [0.2, 0.25) is 29.5 Å². The highest BCUT2D eigenvalue weighted by atomic mass is 16.5. The molecule has 6 amide bonds. The third-order valence-electron chi connectivity index (χ3n) is 13.6. The smallest absolute Gasteiger partial charge is 0.306 e. The number of carbonyl (C=O) groups excluding carboxylic acids is 11. The molecule has 0 saturated carbocycles. The lowest BCUT2D eigenvalue weighted by atomic mass is 10.0. The fraction of sp³-hybridized carbons (Fsp3) is 0.610. The minimum Gasteiger partial charge on any atom is -0.497 e. The van der Waals surface area contributed by atoms with Crippen LogP contribution in [0.2, 0.25) is 0 Å². The minimum absolute atomic E-state index is 0.0248. The van der Waals surface area contributed by atoms with Crippen LogP contribution in [0.3, 0.4) is 0 Å². The number of β-amino-alcohol motifs (C(OH)–C–C–N with tert-alkyl or cyclic N) is 1. The summed E-state index contributed by atoms with van der Waals surface area (Å²) >= 11 is 0. The number of nitrogens with zero attached hydrogens (tertiary/aromatic N) is 6. The maximum absolute atomic E-state index is 12.5. The summed E-state index contributed by atoms with van der Waals surface area (Å²) in [5.41, 5.74) is 1.47. The zero-order valence-electron chi connectivity index (χ0n) is 47.9. The molecular formula is C59H86N6O14. The number of esters is 1. The van der Waals surface area contributed by atoms with Crippen molar-refractivity contribution in [1.82, 2.24) is 29.4 Å². The molecular weight excluding hydrogens is 1020 g/mol. The van der Waals surface area contributed by atoms with Crippen molar-refractivity contribution in [1.29, 1.82) is 0 Å². The molecule has 5 saturated heterocycles. The highest BCUT2D eigenvalue weighted by molar-refractivity contribution is 6.05. The lowest BCUT2D eigenvalue weighted by molar-refractivity contribution is -0.145. The van der Waals surface area contributed by atoms with E-state index >= 15 is 0 Å². The van der Waals surface area contributed by atoms with Crippen LogP contribution in [-0.2, 0) is 59.1 Å². The van der Waals surface area contributed by atoms with Crippen molar-refractivity contribution in [3.8, 4) is 5.75 Å². The molecule has 2 atom stereocenters. The minimum atomic E-state index is -0.582. The summed E-state index contributed by atoms with van der Waals surface area (Å²) in [6.45, 7) is 18.4. The van der Waals surface area contributed by atoms with Crippen molar-refractivity contribution >= 4 is 64.5 Å². The van der Waals surface area contributed by atoms with Crippen LogP contribution in [-0.4, -0.2) is 196 Å². The first kappa shape index (κ1) is 66.6. The van der Waals surface area contributed by atoms with Crippen molar-refractivity contribution in [2.75, 3.05) is 72.6 Å². The molecule has 1 N–H and O–H groups in total. The summed E-state index contributed by atoms with van der Waals surface area (Å²) in [5, 5.41) is 9.01. The van der Waals surface area contributed by atoms with Crippen molar-refractivity contribution in [2.24, 2.45) is 0 Å². The standard InChI is InChI=1S/C18H23NO4.C15H28N2O2.C12H13NO3.C7H11NO3.C7H11NO2/c1-2-23-18(22)11-10-16(20)15-9-6-12-19(15)17(21)13-14-7-4-3-5-8-14;1-12(2)17(13(3)4)10-5-7-14(18)11-16-9-6-8-15(16)19;1-16-10-6-4-9(5-7-10)12(15)13-8-2-3-11(13)14;1-5(9)3-8-4-6(10)2-7(8)11;1-6(9)5-8-4-2-3-7(8)10/h3-5,7-8,15H,2,6,9-13H2,1H3;12-13H,5-11H2,1-4H3;4-7H,2-3,8H2,1H3;6,10H,2-4H2,1H3;2-5H2,1H3/t15-;;;;/m1..../s1. The van der Waals surface area contributed by atoms with Gasteiger partial charge in [-0.1, -0.05) is 30.3 Å². The van der Waals surface area contributed by atoms with Crippen molar-refractivity contribution in [2.45, 2.75) is 163 Å². The first-order valence-electron chi connectivity index (χ1n) is 27.8. The highest BCUT2D eigenvalue weighted by Gasteiger charge is 2.34. The van der Waals surface area contributed by atoms with Gasteiger partial charge in [0.05, 0.1) is 64.8 Å². The number of amides is 6. The van der Waals surface area contributed by atoms with Crippen LogP contribution in [0.5, 0.6) is 5.75 Å². The second-order valence-electron chi connectivity index (χ2n) is 20.8. The number of ether oxygens (including phenoxy) is 2. The molecule has 79 heavy (non-hydrogen) atoms. The van der Waals surface area contributed by atoms with E-state index in [1.165, 1.54) is 23.6 Å². The van der Waals surface area contributed by atoms with Crippen LogP contribution in [0.1, 0.15) is 148 Å². The van der Waals surface area contributed by atoms with Crippen LogP contribution in [0.4, 0.5) is 0 Å². The van der Waals surface area contributed by atoms with E-state index in [9.17, 15) is 52.7 Å². The first-order chi connectivity index (χ1) is 37.5. The van der Waals surface area contributed by atoms with Crippen LogP contribution in [0.15, 0.2) is 54.6 Å². The summed E-state index contributed by atoms with van der Waals surface area (Å²) in [4.78, 5) is 136. The number of hydrogen-bond donors (Lipinski definition) is 1. The predicted molar refractivity (Wildman–Crippen MR) is 295 cm³/mol. The molecule has 1 unspecified atom stereocenters. The van der Waals surface area contributed by atoms with Crippen LogP contribution in [0.25, 0.3) is 0 Å². The highest BCUT2D eigenvalue weighted by Crippen LogP contribution is 2.22. The Morgan fingerprint density at radius 2 is 1.24 bits per heavy atom. The number of imide groups is 1. The Kier molecular flexibility index (Phi) is 29.6. The van der Waals surface area contributed by atoms with Crippen molar-refractivity contribution in [3.63, 3.8) is 0 Å². The van der Waals surface area contributed by atoms with Gasteiger partial charge in [-0.05, 0) is 123 Å². The van der Waals surface area contributed by atoms with Crippen LogP contribution >= 0.6 is 0 Å². The average molecular weight is 1100 g/mol. The lowest BCUT2D eigenvalue weighted by Gasteiger charge is -2.30. The summed E-state index contributed by atoms with van der Waals surface area (Å²) < 4.78 is 9.84. The molecule has 0 aliphatic carbocycles. The molecule has 0 aromatic heterocycles. The van der Waals surface area contributed by atoms with Gasteiger partial charge >= 0.3 is 5.97 Å². The topological polar surface area (TPSA) is 246 Å². The van der Waals surface area contributed by atoms with E-state index < -0.39 is 6.10 Å². The molecule has 2 aromatic carbocycles. The number of likely N-dealkylation sites (tertiary alicyclic amines) is 5. The number of Topliss-reactive ketones (excluding diaryl/α,β-unsaturated/α-hetero) is 4. The predicted octanol–water partition coefficient (Wildman–Crippen LogP) is 5.03. The van der Waals surface area contributed by atoms with E-state index in [4.69, 9.17) is 14.6 Å². The molecule has 5 fully saturated rings. The molecule has 20 heteroatoms. The summed E-state index contributed by atoms with van der Waals surface area (Å²) in [6.07, 6.45) is 7.37. The second kappa shape index (κ2) is 35.1. The Balaban J connectivity index is 0.000000268. The molecule has 0 bridgehead atoms. The van der Waals surface area contributed by atoms with E-state index in [1.807, 2.05) is 30.3 Å². The van der Waals surface area contributed by atoms with Gasteiger partial charge in [0, 0.05) is 82.5 Å². The number of aliphatic hydroxyl groups excluding tert-OH is 1. The van der Waals surface area contributed by atoms with Crippen LogP contribution in [0, 0.1) is 0 Å². The molecule has 7 rings (SSSR count). The van der Waals surface area contributed by atoms with Gasteiger partial charge < -0.3 is 34.2 Å². The normalized spacial score (nSPS) is 17.6. The largest absolute Gasteiger partial charge is 0.497 e. The summed E-state index contributed by atoms with van der Waals surface area (Å²) in [7, 11) is 1.57. The second-order valence-corrected chi connectivity index (χ2v) is 20.8. The Morgan fingerprint density at radius 3 is 1.73 bits per heavy atom. The maximum Gasteiger partial charge on any atom is 0.306 e. The number of ketones is 4. The number of hydrogen-bond acceptors (Lipinski definition) is 15. The fourth-order valence-electron chi connectivity index (χ4n) is 9.70.